The monoisotopic (exact) mass is 369 g/mol. The molecular formula is C21H24ClN3O. The summed E-state index contributed by atoms with van der Waals surface area (Å²) >= 11 is 6.31. The van der Waals surface area contributed by atoms with Crippen LogP contribution in [0.2, 0.25) is 5.02 Å². The molecule has 2 aromatic carbocycles. The van der Waals surface area contributed by atoms with Crippen LogP contribution in [-0.4, -0.2) is 61.0 Å². The van der Waals surface area contributed by atoms with Crippen LogP contribution in [0, 0.1) is 0 Å². The van der Waals surface area contributed by atoms with Crippen LogP contribution in [0.15, 0.2) is 48.5 Å². The van der Waals surface area contributed by atoms with Gasteiger partial charge in [0.1, 0.15) is 0 Å². The Morgan fingerprint density at radius 2 is 1.85 bits per heavy atom. The number of hydrogen-bond donors (Lipinski definition) is 1. The van der Waals surface area contributed by atoms with Crippen molar-refractivity contribution in [2.24, 2.45) is 0 Å². The number of carbonyl (C=O) groups excluding carboxylic acids is 1. The Morgan fingerprint density at radius 3 is 2.58 bits per heavy atom. The van der Waals surface area contributed by atoms with Crippen molar-refractivity contribution in [1.29, 1.82) is 0 Å². The summed E-state index contributed by atoms with van der Waals surface area (Å²) in [4.78, 5) is 17.5. The zero-order chi connectivity index (χ0) is 17.9. The van der Waals surface area contributed by atoms with Crippen molar-refractivity contribution in [3.8, 4) is 11.1 Å². The maximum atomic E-state index is 13.0. The molecule has 0 radical (unpaired) electrons. The van der Waals surface area contributed by atoms with Gasteiger partial charge < -0.3 is 10.2 Å². The van der Waals surface area contributed by atoms with Gasteiger partial charge in [-0.05, 0) is 36.7 Å². The first-order valence-electron chi connectivity index (χ1n) is 9.31. The van der Waals surface area contributed by atoms with E-state index in [0.29, 0.717) is 11.1 Å². The number of carbonyl (C=O) groups is 1. The predicted molar refractivity (Wildman–Crippen MR) is 106 cm³/mol. The van der Waals surface area contributed by atoms with Gasteiger partial charge in [-0.25, -0.2) is 0 Å². The van der Waals surface area contributed by atoms with Crippen molar-refractivity contribution in [2.45, 2.75) is 12.5 Å². The summed E-state index contributed by atoms with van der Waals surface area (Å²) in [6, 6.07) is 16.2. The minimum Gasteiger partial charge on any atom is -0.336 e. The summed E-state index contributed by atoms with van der Waals surface area (Å²) < 4.78 is 0. The molecule has 136 valence electrons. The fraction of sp³-hybridized carbons (Fsp3) is 0.381. The van der Waals surface area contributed by atoms with E-state index in [0.717, 1.165) is 56.0 Å². The number of piperazine rings is 1. The van der Waals surface area contributed by atoms with Gasteiger partial charge >= 0.3 is 0 Å². The van der Waals surface area contributed by atoms with E-state index >= 15 is 0 Å². The minimum absolute atomic E-state index is 0.114. The van der Waals surface area contributed by atoms with Crippen LogP contribution in [0.5, 0.6) is 0 Å². The molecule has 4 nitrogen and oxygen atoms in total. The van der Waals surface area contributed by atoms with Crippen LogP contribution in [0.4, 0.5) is 0 Å². The van der Waals surface area contributed by atoms with E-state index in [9.17, 15) is 4.79 Å². The summed E-state index contributed by atoms with van der Waals surface area (Å²) in [5.74, 6) is 0.114. The zero-order valence-electron chi connectivity index (χ0n) is 14.8. The number of benzene rings is 2. The number of nitrogens with one attached hydrogen (secondary N) is 1. The normalized spacial score (nSPS) is 21.1. The standard InChI is InChI=1S/C21H24ClN3O/c22-20-7-2-1-6-19(20)16-4-3-5-17(14-16)21(26)25-12-10-24(11-13-25)18-8-9-23-15-18/h1-7,14,18,23H,8-13,15H2/t18-/m1/s1. The molecule has 2 saturated heterocycles. The van der Waals surface area contributed by atoms with Gasteiger partial charge in [0.2, 0.25) is 0 Å². The minimum atomic E-state index is 0.114. The Bertz CT molecular complexity index is 780. The smallest absolute Gasteiger partial charge is 0.253 e. The summed E-state index contributed by atoms with van der Waals surface area (Å²) in [5, 5.41) is 4.13. The van der Waals surface area contributed by atoms with Gasteiger partial charge in [-0.3, -0.25) is 9.69 Å². The van der Waals surface area contributed by atoms with Crippen LogP contribution in [0.3, 0.4) is 0 Å². The second kappa shape index (κ2) is 7.78. The van der Waals surface area contributed by atoms with Gasteiger partial charge in [-0.2, -0.15) is 0 Å². The molecule has 2 aromatic rings. The van der Waals surface area contributed by atoms with E-state index in [2.05, 4.69) is 10.2 Å². The van der Waals surface area contributed by atoms with Crippen LogP contribution >= 0.6 is 11.6 Å². The molecule has 2 aliphatic heterocycles. The lowest BCUT2D eigenvalue weighted by Gasteiger charge is -2.37. The lowest BCUT2D eigenvalue weighted by molar-refractivity contribution is 0.0584. The molecule has 0 aliphatic carbocycles. The van der Waals surface area contributed by atoms with E-state index < -0.39 is 0 Å². The number of rotatable bonds is 3. The molecule has 1 amide bonds. The highest BCUT2D eigenvalue weighted by atomic mass is 35.5. The van der Waals surface area contributed by atoms with E-state index in [1.54, 1.807) is 0 Å². The molecule has 5 heteroatoms. The quantitative estimate of drug-likeness (QED) is 0.902. The number of amides is 1. The molecule has 0 unspecified atom stereocenters. The van der Waals surface area contributed by atoms with Gasteiger partial charge in [-0.1, -0.05) is 41.9 Å². The Morgan fingerprint density at radius 1 is 1.04 bits per heavy atom. The molecule has 0 aromatic heterocycles. The maximum absolute atomic E-state index is 13.0. The molecule has 1 N–H and O–H groups in total. The molecule has 0 spiro atoms. The summed E-state index contributed by atoms with van der Waals surface area (Å²) in [6.45, 7) is 5.70. The predicted octanol–water partition coefficient (Wildman–Crippen LogP) is 3.13. The summed E-state index contributed by atoms with van der Waals surface area (Å²) in [6.07, 6.45) is 1.22. The van der Waals surface area contributed by atoms with Gasteiger partial charge in [0.25, 0.3) is 5.91 Å². The van der Waals surface area contributed by atoms with E-state index in [1.807, 2.05) is 53.4 Å². The average Bonchev–Trinajstić information content (AvgIpc) is 3.23. The first-order chi connectivity index (χ1) is 12.7. The van der Waals surface area contributed by atoms with E-state index in [4.69, 9.17) is 11.6 Å². The third kappa shape index (κ3) is 3.63. The Balaban J connectivity index is 1.45. The SMILES string of the molecule is O=C(c1cccc(-c2ccccc2Cl)c1)N1CCN([C@@H]2CCNC2)CC1. The lowest BCUT2D eigenvalue weighted by Crippen LogP contribution is -2.52. The number of nitrogens with zero attached hydrogens (tertiary/aromatic N) is 2. The van der Waals surface area contributed by atoms with Crippen molar-refractivity contribution in [1.82, 2.24) is 15.1 Å². The van der Waals surface area contributed by atoms with Gasteiger partial charge in [-0.15, -0.1) is 0 Å². The van der Waals surface area contributed by atoms with E-state index in [-0.39, 0.29) is 5.91 Å². The molecule has 2 heterocycles. The van der Waals surface area contributed by atoms with E-state index in [1.165, 1.54) is 6.42 Å². The number of hydrogen-bond acceptors (Lipinski definition) is 3. The molecular weight excluding hydrogens is 346 g/mol. The second-order valence-electron chi connectivity index (χ2n) is 7.04. The molecule has 2 fully saturated rings. The third-order valence-corrected chi connectivity index (χ3v) is 5.78. The molecule has 26 heavy (non-hydrogen) atoms. The highest BCUT2D eigenvalue weighted by molar-refractivity contribution is 6.33. The van der Waals surface area contributed by atoms with Gasteiger partial charge in [0.15, 0.2) is 0 Å². The zero-order valence-corrected chi connectivity index (χ0v) is 15.6. The van der Waals surface area contributed by atoms with Crippen molar-refractivity contribution in [2.75, 3.05) is 39.3 Å². The molecule has 4 rings (SSSR count). The van der Waals surface area contributed by atoms with Crippen molar-refractivity contribution < 1.29 is 4.79 Å². The topological polar surface area (TPSA) is 35.6 Å². The summed E-state index contributed by atoms with van der Waals surface area (Å²) in [7, 11) is 0. The fourth-order valence-electron chi connectivity index (χ4n) is 3.94. The Hall–Kier alpha value is -1.88. The molecule has 2 aliphatic rings. The first kappa shape index (κ1) is 17.5. The Labute approximate surface area is 159 Å². The highest BCUT2D eigenvalue weighted by Gasteiger charge is 2.28. The van der Waals surface area contributed by atoms with Gasteiger partial charge in [0.05, 0.1) is 0 Å². The maximum Gasteiger partial charge on any atom is 0.253 e. The highest BCUT2D eigenvalue weighted by Crippen LogP contribution is 2.28. The second-order valence-corrected chi connectivity index (χ2v) is 7.44. The van der Waals surface area contributed by atoms with Crippen molar-refractivity contribution in [3.05, 3.63) is 59.1 Å². The first-order valence-corrected chi connectivity index (χ1v) is 9.69. The van der Waals surface area contributed by atoms with Crippen molar-refractivity contribution >= 4 is 17.5 Å². The van der Waals surface area contributed by atoms with Crippen LogP contribution in [-0.2, 0) is 0 Å². The average molecular weight is 370 g/mol. The molecule has 0 saturated carbocycles. The molecule has 1 atom stereocenters. The van der Waals surface area contributed by atoms with Crippen LogP contribution < -0.4 is 5.32 Å². The molecule has 0 bridgehead atoms. The van der Waals surface area contributed by atoms with Gasteiger partial charge in [0, 0.05) is 54.9 Å². The lowest BCUT2D eigenvalue weighted by atomic mass is 10.0. The van der Waals surface area contributed by atoms with Crippen LogP contribution in [0.25, 0.3) is 11.1 Å². The fourth-order valence-corrected chi connectivity index (χ4v) is 4.18. The number of halogens is 1. The third-order valence-electron chi connectivity index (χ3n) is 5.45. The van der Waals surface area contributed by atoms with Crippen LogP contribution in [0.1, 0.15) is 16.8 Å². The van der Waals surface area contributed by atoms with Crippen molar-refractivity contribution in [3.63, 3.8) is 0 Å². The Kier molecular flexibility index (Phi) is 5.25. The largest absolute Gasteiger partial charge is 0.336 e. The summed E-state index contributed by atoms with van der Waals surface area (Å²) in [5.41, 5.74) is 2.68.